The largest absolute Gasteiger partial charge is 0.479 e. The number of esters is 2. The fourth-order valence-corrected chi connectivity index (χ4v) is 1.33. The van der Waals surface area contributed by atoms with Crippen LogP contribution in [0.4, 0.5) is 0 Å². The van der Waals surface area contributed by atoms with Crippen molar-refractivity contribution >= 4 is 17.9 Å². The number of carbonyl (C=O) groups is 3. The van der Waals surface area contributed by atoms with Gasteiger partial charge in [0.15, 0.2) is 6.10 Å². The summed E-state index contributed by atoms with van der Waals surface area (Å²) in [6.07, 6.45) is -2.57. The lowest BCUT2D eigenvalue weighted by atomic mass is 10.1. The summed E-state index contributed by atoms with van der Waals surface area (Å²) in [5.74, 6) is -2.85. The van der Waals surface area contributed by atoms with Gasteiger partial charge in [-0.15, -0.1) is 0 Å². The van der Waals surface area contributed by atoms with Gasteiger partial charge in [0.25, 0.3) is 0 Å². The molecule has 6 nitrogen and oxygen atoms in total. The van der Waals surface area contributed by atoms with Crippen molar-refractivity contribution in [3.05, 3.63) is 35.9 Å². The van der Waals surface area contributed by atoms with E-state index in [0.29, 0.717) is 5.56 Å². The first kappa shape index (κ1) is 14.7. The number of benzene rings is 1. The van der Waals surface area contributed by atoms with Crippen LogP contribution in [0, 0.1) is 0 Å². The number of rotatable bonds is 5. The monoisotopic (exact) mass is 266 g/mol. The van der Waals surface area contributed by atoms with Crippen molar-refractivity contribution in [2.75, 3.05) is 0 Å². The van der Waals surface area contributed by atoms with Crippen LogP contribution in [-0.4, -0.2) is 29.1 Å². The van der Waals surface area contributed by atoms with E-state index in [1.54, 1.807) is 30.3 Å². The van der Waals surface area contributed by atoms with Gasteiger partial charge in [-0.25, -0.2) is 9.59 Å². The third kappa shape index (κ3) is 4.42. The quantitative estimate of drug-likeness (QED) is 0.808. The maximum Gasteiger partial charge on any atom is 0.353 e. The number of carboxylic acids is 1. The minimum absolute atomic E-state index is 0.417. The van der Waals surface area contributed by atoms with Crippen molar-refractivity contribution in [3.63, 3.8) is 0 Å². The molecule has 0 saturated carbocycles. The molecule has 1 aromatic carbocycles. The lowest BCUT2D eigenvalue weighted by Crippen LogP contribution is -2.29. The summed E-state index contributed by atoms with van der Waals surface area (Å²) in [5, 5.41) is 8.68. The van der Waals surface area contributed by atoms with Gasteiger partial charge in [0, 0.05) is 12.5 Å². The van der Waals surface area contributed by atoms with Gasteiger partial charge in [-0.3, -0.25) is 4.79 Å². The molecule has 0 bridgehead atoms. The van der Waals surface area contributed by atoms with Crippen molar-refractivity contribution in [1.29, 1.82) is 0 Å². The Hall–Kier alpha value is -2.37. The third-order valence-electron chi connectivity index (χ3n) is 2.24. The van der Waals surface area contributed by atoms with Crippen LogP contribution in [0.25, 0.3) is 0 Å². The van der Waals surface area contributed by atoms with E-state index in [-0.39, 0.29) is 0 Å². The van der Waals surface area contributed by atoms with E-state index in [1.165, 1.54) is 6.92 Å². The molecule has 0 aliphatic rings. The zero-order chi connectivity index (χ0) is 14.4. The highest BCUT2D eigenvalue weighted by Gasteiger charge is 2.28. The smallest absolute Gasteiger partial charge is 0.353 e. The maximum atomic E-state index is 11.8. The van der Waals surface area contributed by atoms with E-state index in [1.807, 2.05) is 0 Å². The normalized spacial score (nSPS) is 13.2. The number of ether oxygens (including phenoxy) is 2. The summed E-state index contributed by atoms with van der Waals surface area (Å²) in [5.41, 5.74) is 0.417. The Labute approximate surface area is 109 Å². The average Bonchev–Trinajstić information content (AvgIpc) is 2.36. The van der Waals surface area contributed by atoms with Crippen molar-refractivity contribution in [3.8, 4) is 0 Å². The molecular weight excluding hydrogens is 252 g/mol. The fourth-order valence-electron chi connectivity index (χ4n) is 1.33. The molecule has 102 valence electrons. The highest BCUT2D eigenvalue weighted by atomic mass is 16.6. The van der Waals surface area contributed by atoms with Gasteiger partial charge in [-0.2, -0.15) is 0 Å². The zero-order valence-corrected chi connectivity index (χ0v) is 10.5. The molecule has 0 spiro atoms. The standard InChI is InChI=1S/C13H14O6/c1-8(12(15)16)18-13(17)11(19-9(2)14)10-6-4-3-5-7-10/h3-8,11H,1-2H3,(H,15,16)/t8-,11-/m0/s1. The molecule has 0 amide bonds. The van der Waals surface area contributed by atoms with Crippen molar-refractivity contribution in [2.45, 2.75) is 26.1 Å². The van der Waals surface area contributed by atoms with E-state index in [2.05, 4.69) is 0 Å². The summed E-state index contributed by atoms with van der Waals surface area (Å²) in [4.78, 5) is 33.5. The summed E-state index contributed by atoms with van der Waals surface area (Å²) in [7, 11) is 0. The molecule has 0 fully saturated rings. The topological polar surface area (TPSA) is 89.9 Å². The summed E-state index contributed by atoms with van der Waals surface area (Å²) < 4.78 is 9.59. The predicted octanol–water partition coefficient (Wildman–Crippen LogP) is 1.31. The molecule has 0 aliphatic heterocycles. The predicted molar refractivity (Wildman–Crippen MR) is 64.1 cm³/mol. The van der Waals surface area contributed by atoms with Gasteiger partial charge >= 0.3 is 17.9 Å². The van der Waals surface area contributed by atoms with Crippen LogP contribution in [0.2, 0.25) is 0 Å². The zero-order valence-electron chi connectivity index (χ0n) is 10.5. The van der Waals surface area contributed by atoms with Gasteiger partial charge in [0.1, 0.15) is 0 Å². The summed E-state index contributed by atoms with van der Waals surface area (Å²) in [6, 6.07) is 8.24. The molecular formula is C13H14O6. The van der Waals surface area contributed by atoms with Crippen LogP contribution in [-0.2, 0) is 23.9 Å². The van der Waals surface area contributed by atoms with Crippen LogP contribution >= 0.6 is 0 Å². The van der Waals surface area contributed by atoms with E-state index >= 15 is 0 Å². The van der Waals surface area contributed by atoms with E-state index in [4.69, 9.17) is 14.6 Å². The molecule has 19 heavy (non-hydrogen) atoms. The van der Waals surface area contributed by atoms with Crippen LogP contribution in [0.5, 0.6) is 0 Å². The number of hydrogen-bond donors (Lipinski definition) is 1. The van der Waals surface area contributed by atoms with Crippen molar-refractivity contribution in [2.24, 2.45) is 0 Å². The Morgan fingerprint density at radius 3 is 2.16 bits per heavy atom. The Morgan fingerprint density at radius 2 is 1.68 bits per heavy atom. The van der Waals surface area contributed by atoms with Crippen molar-refractivity contribution in [1.82, 2.24) is 0 Å². The lowest BCUT2D eigenvalue weighted by Gasteiger charge is -2.17. The first-order valence-corrected chi connectivity index (χ1v) is 5.57. The van der Waals surface area contributed by atoms with Gasteiger partial charge < -0.3 is 14.6 Å². The highest BCUT2D eigenvalue weighted by molar-refractivity contribution is 5.83. The number of carboxylic acid groups (broad SMARTS) is 1. The molecule has 1 aromatic rings. The first-order valence-electron chi connectivity index (χ1n) is 5.57. The second-order valence-electron chi connectivity index (χ2n) is 3.82. The van der Waals surface area contributed by atoms with E-state index < -0.39 is 30.1 Å². The number of carbonyl (C=O) groups excluding carboxylic acids is 2. The second kappa shape index (κ2) is 6.53. The highest BCUT2D eigenvalue weighted by Crippen LogP contribution is 2.19. The number of hydrogen-bond acceptors (Lipinski definition) is 5. The van der Waals surface area contributed by atoms with Gasteiger partial charge in [-0.1, -0.05) is 30.3 Å². The van der Waals surface area contributed by atoms with Crippen LogP contribution in [0.1, 0.15) is 25.5 Å². The van der Waals surface area contributed by atoms with E-state index in [9.17, 15) is 14.4 Å². The molecule has 0 aromatic heterocycles. The van der Waals surface area contributed by atoms with E-state index in [0.717, 1.165) is 6.92 Å². The molecule has 0 radical (unpaired) electrons. The molecule has 0 unspecified atom stereocenters. The Bertz CT molecular complexity index is 467. The van der Waals surface area contributed by atoms with Gasteiger partial charge in [0.05, 0.1) is 0 Å². The van der Waals surface area contributed by atoms with Crippen LogP contribution < -0.4 is 0 Å². The minimum atomic E-state index is -1.31. The molecule has 0 aliphatic carbocycles. The van der Waals surface area contributed by atoms with Crippen LogP contribution in [0.15, 0.2) is 30.3 Å². The molecule has 0 heterocycles. The summed E-state index contributed by atoms with van der Waals surface area (Å²) >= 11 is 0. The lowest BCUT2D eigenvalue weighted by molar-refractivity contribution is -0.175. The fraction of sp³-hybridized carbons (Fsp3) is 0.308. The molecule has 1 N–H and O–H groups in total. The van der Waals surface area contributed by atoms with Gasteiger partial charge in [-0.05, 0) is 6.92 Å². The minimum Gasteiger partial charge on any atom is -0.479 e. The van der Waals surface area contributed by atoms with Gasteiger partial charge in [0.2, 0.25) is 6.10 Å². The molecule has 0 saturated heterocycles. The maximum absolute atomic E-state index is 11.8. The van der Waals surface area contributed by atoms with Crippen LogP contribution in [0.3, 0.4) is 0 Å². The first-order chi connectivity index (χ1) is 8.91. The van der Waals surface area contributed by atoms with Crippen molar-refractivity contribution < 1.29 is 29.0 Å². The Balaban J connectivity index is 2.89. The molecule has 2 atom stereocenters. The number of aliphatic carboxylic acids is 1. The summed E-state index contributed by atoms with van der Waals surface area (Å²) in [6.45, 7) is 2.37. The molecule has 6 heteroatoms. The molecule has 1 rings (SSSR count). The second-order valence-corrected chi connectivity index (χ2v) is 3.82. The third-order valence-corrected chi connectivity index (χ3v) is 2.24. The Kier molecular flexibility index (Phi) is 5.05. The Morgan fingerprint density at radius 1 is 1.11 bits per heavy atom. The average molecular weight is 266 g/mol. The SMILES string of the molecule is CC(=O)O[C@H](C(=O)O[C@@H](C)C(=O)O)c1ccccc1.